The van der Waals surface area contributed by atoms with E-state index >= 15 is 0 Å². The maximum Gasteiger partial charge on any atom is 0.330 e. The fraction of sp³-hybridized carbons (Fsp3) is 0.471. The largest absolute Gasteiger partial charge is 0.374 e. The number of hydrogen-bond donors (Lipinski definition) is 1. The number of non-ortho nitro benzene ring substituents is 1. The number of rotatable bonds is 1. The molecule has 2 fully saturated rings. The molecule has 10 heteroatoms. The van der Waals surface area contributed by atoms with Crippen LogP contribution >= 0.6 is 0 Å². The summed E-state index contributed by atoms with van der Waals surface area (Å²) in [4.78, 5) is 51.5. The van der Waals surface area contributed by atoms with E-state index in [4.69, 9.17) is 4.74 Å². The summed E-state index contributed by atoms with van der Waals surface area (Å²) < 4.78 is 5.72. The topological polar surface area (TPSA) is 122 Å². The van der Waals surface area contributed by atoms with Gasteiger partial charge in [0, 0.05) is 37.8 Å². The first kappa shape index (κ1) is 17.4. The first-order chi connectivity index (χ1) is 12.8. The molecule has 4 rings (SSSR count). The van der Waals surface area contributed by atoms with E-state index in [2.05, 4.69) is 5.32 Å². The average molecular weight is 374 g/mol. The van der Waals surface area contributed by atoms with Gasteiger partial charge in [0.15, 0.2) is 5.41 Å². The number of fused-ring (bicyclic) bond motifs is 4. The number of nitro groups is 1. The predicted octanol–water partition coefficient (Wildman–Crippen LogP) is 0.439. The Bertz CT molecular complexity index is 886. The lowest BCUT2D eigenvalue weighted by Crippen LogP contribution is -2.74. The van der Waals surface area contributed by atoms with Crippen LogP contribution in [0.4, 0.5) is 16.2 Å². The highest BCUT2D eigenvalue weighted by Gasteiger charge is 2.63. The minimum atomic E-state index is -1.59. The second-order valence-electron chi connectivity index (χ2n) is 7.06. The van der Waals surface area contributed by atoms with Gasteiger partial charge in [0.05, 0.1) is 23.7 Å². The normalized spacial score (nSPS) is 30.1. The molecule has 10 nitrogen and oxygen atoms in total. The summed E-state index contributed by atoms with van der Waals surface area (Å²) in [7, 11) is 1.31. The van der Waals surface area contributed by atoms with Crippen LogP contribution < -0.4 is 10.2 Å². The Morgan fingerprint density at radius 2 is 2.07 bits per heavy atom. The van der Waals surface area contributed by atoms with E-state index in [0.717, 1.165) is 10.6 Å². The van der Waals surface area contributed by atoms with Crippen LogP contribution in [0, 0.1) is 15.5 Å². The van der Waals surface area contributed by atoms with E-state index in [9.17, 15) is 24.5 Å². The van der Waals surface area contributed by atoms with E-state index in [1.54, 1.807) is 13.0 Å². The molecule has 1 aromatic carbocycles. The van der Waals surface area contributed by atoms with Crippen LogP contribution in [-0.2, 0) is 20.7 Å². The molecular weight excluding hydrogens is 356 g/mol. The van der Waals surface area contributed by atoms with Crippen molar-refractivity contribution < 1.29 is 24.0 Å². The zero-order valence-corrected chi connectivity index (χ0v) is 14.8. The van der Waals surface area contributed by atoms with Crippen LogP contribution in [0.25, 0.3) is 0 Å². The molecule has 0 aliphatic carbocycles. The molecule has 3 heterocycles. The van der Waals surface area contributed by atoms with Gasteiger partial charge in [-0.25, -0.2) is 4.79 Å². The van der Waals surface area contributed by atoms with Crippen LogP contribution in [0.15, 0.2) is 18.2 Å². The summed E-state index contributed by atoms with van der Waals surface area (Å²) >= 11 is 0. The van der Waals surface area contributed by atoms with E-state index < -0.39 is 40.3 Å². The summed E-state index contributed by atoms with van der Waals surface area (Å²) in [5, 5.41) is 13.4. The number of carbonyl (C=O) groups is 3. The van der Waals surface area contributed by atoms with E-state index in [1.807, 2.05) is 4.90 Å². The van der Waals surface area contributed by atoms with Gasteiger partial charge in [0.2, 0.25) is 11.8 Å². The second-order valence-corrected chi connectivity index (χ2v) is 7.06. The quantitative estimate of drug-likeness (QED) is 0.430. The summed E-state index contributed by atoms with van der Waals surface area (Å²) in [6.45, 7) is 2.61. The number of imide groups is 2. The van der Waals surface area contributed by atoms with Crippen molar-refractivity contribution >= 4 is 29.2 Å². The standard InChI is InChI=1S/C17H18N4O6/c1-9-13-17(14(22)18-16(24)19(2)15(17)23)8-10-7-11(21(25)26)3-4-12(10)20(13)5-6-27-9/h3-4,7,9,13H,5-6,8H2,1-2H3,(H,18,22,24)/t9-,13?,17+/m0/s1. The van der Waals surface area contributed by atoms with Gasteiger partial charge in [0.1, 0.15) is 0 Å². The number of anilines is 1. The molecule has 2 saturated heterocycles. The fourth-order valence-corrected chi connectivity index (χ4v) is 4.47. The number of nitrogens with one attached hydrogen (secondary N) is 1. The maximum absolute atomic E-state index is 13.2. The van der Waals surface area contributed by atoms with E-state index in [-0.39, 0.29) is 12.1 Å². The number of hydrogen-bond acceptors (Lipinski definition) is 7. The van der Waals surface area contributed by atoms with Gasteiger partial charge < -0.3 is 9.64 Å². The molecule has 1 aromatic rings. The third-order valence-electron chi connectivity index (χ3n) is 5.67. The van der Waals surface area contributed by atoms with Gasteiger partial charge in [-0.05, 0) is 18.6 Å². The van der Waals surface area contributed by atoms with Crippen molar-refractivity contribution in [3.8, 4) is 0 Å². The monoisotopic (exact) mass is 374 g/mol. The number of carbonyl (C=O) groups excluding carboxylic acids is 3. The van der Waals surface area contributed by atoms with Gasteiger partial charge in [-0.3, -0.25) is 29.9 Å². The molecule has 1 spiro atoms. The zero-order chi connectivity index (χ0) is 19.5. The molecule has 142 valence electrons. The van der Waals surface area contributed by atoms with Crippen LogP contribution in [0.1, 0.15) is 12.5 Å². The van der Waals surface area contributed by atoms with Gasteiger partial charge in [-0.2, -0.15) is 0 Å². The Labute approximate surface area is 154 Å². The summed E-state index contributed by atoms with van der Waals surface area (Å²) in [5.74, 6) is -1.32. The van der Waals surface area contributed by atoms with Crippen LogP contribution in [-0.4, -0.2) is 60.0 Å². The van der Waals surface area contributed by atoms with Crippen molar-refractivity contribution in [3.63, 3.8) is 0 Å². The van der Waals surface area contributed by atoms with Crippen LogP contribution in [0.3, 0.4) is 0 Å². The number of nitrogens with zero attached hydrogens (tertiary/aromatic N) is 3. The van der Waals surface area contributed by atoms with Crippen LogP contribution in [0.5, 0.6) is 0 Å². The fourth-order valence-electron chi connectivity index (χ4n) is 4.47. The number of ether oxygens (including phenoxy) is 1. The first-order valence-corrected chi connectivity index (χ1v) is 8.56. The van der Waals surface area contributed by atoms with Crippen molar-refractivity contribution in [2.75, 3.05) is 25.1 Å². The average Bonchev–Trinajstić information content (AvgIpc) is 2.64. The lowest BCUT2D eigenvalue weighted by Gasteiger charge is -2.55. The molecule has 0 aromatic heterocycles. The van der Waals surface area contributed by atoms with Crippen molar-refractivity contribution in [2.45, 2.75) is 25.5 Å². The number of benzene rings is 1. The maximum atomic E-state index is 13.2. The highest BCUT2D eigenvalue weighted by atomic mass is 16.6. The third-order valence-corrected chi connectivity index (χ3v) is 5.67. The van der Waals surface area contributed by atoms with Crippen molar-refractivity contribution in [2.24, 2.45) is 5.41 Å². The Morgan fingerprint density at radius 3 is 2.78 bits per heavy atom. The summed E-state index contributed by atoms with van der Waals surface area (Å²) in [6, 6.07) is 3.04. The number of nitro benzene ring substituents is 1. The highest BCUT2D eigenvalue weighted by Crippen LogP contribution is 2.47. The van der Waals surface area contributed by atoms with Gasteiger partial charge in [0.25, 0.3) is 5.69 Å². The predicted molar refractivity (Wildman–Crippen MR) is 92.1 cm³/mol. The van der Waals surface area contributed by atoms with Gasteiger partial charge >= 0.3 is 6.03 Å². The smallest absolute Gasteiger partial charge is 0.330 e. The molecule has 1 unspecified atom stereocenters. The van der Waals surface area contributed by atoms with E-state index in [0.29, 0.717) is 18.7 Å². The third kappa shape index (κ3) is 2.26. The molecule has 0 saturated carbocycles. The molecule has 3 aliphatic rings. The lowest BCUT2D eigenvalue weighted by atomic mass is 9.66. The number of morpholine rings is 1. The second kappa shape index (κ2) is 5.74. The summed E-state index contributed by atoms with van der Waals surface area (Å²) in [6.07, 6.45) is -0.486. The summed E-state index contributed by atoms with van der Waals surface area (Å²) in [5.41, 5.74) is -0.436. The SMILES string of the molecule is C[C@@H]1OCCN2c3ccc([N+](=O)[O-])cc3C[C@]3(C(=O)NC(=O)N(C)C3=O)C12. The number of barbiturate groups is 1. The van der Waals surface area contributed by atoms with E-state index in [1.165, 1.54) is 19.2 Å². The molecular formula is C17H18N4O6. The number of amides is 4. The lowest BCUT2D eigenvalue weighted by molar-refractivity contribution is -0.384. The molecule has 3 atom stereocenters. The highest BCUT2D eigenvalue weighted by molar-refractivity contribution is 6.20. The van der Waals surface area contributed by atoms with Crippen molar-refractivity contribution in [3.05, 3.63) is 33.9 Å². The minimum Gasteiger partial charge on any atom is -0.374 e. The number of urea groups is 1. The zero-order valence-electron chi connectivity index (χ0n) is 14.8. The molecule has 3 aliphatic heterocycles. The minimum absolute atomic E-state index is 0.0405. The Kier molecular flexibility index (Phi) is 3.70. The first-order valence-electron chi connectivity index (χ1n) is 8.56. The Hall–Kier alpha value is -3.01. The Morgan fingerprint density at radius 1 is 1.33 bits per heavy atom. The molecule has 4 amide bonds. The van der Waals surface area contributed by atoms with Crippen molar-refractivity contribution in [1.29, 1.82) is 0 Å². The molecule has 0 radical (unpaired) electrons. The van der Waals surface area contributed by atoms with Crippen LogP contribution in [0.2, 0.25) is 0 Å². The molecule has 0 bridgehead atoms. The van der Waals surface area contributed by atoms with Crippen molar-refractivity contribution in [1.82, 2.24) is 10.2 Å². The van der Waals surface area contributed by atoms with Gasteiger partial charge in [-0.15, -0.1) is 0 Å². The Balaban J connectivity index is 1.93. The molecule has 1 N–H and O–H groups in total. The van der Waals surface area contributed by atoms with Gasteiger partial charge in [-0.1, -0.05) is 0 Å². The molecule has 27 heavy (non-hydrogen) atoms.